The summed E-state index contributed by atoms with van der Waals surface area (Å²) in [6.07, 6.45) is 3.03. The molecule has 1 aliphatic carbocycles. The third-order valence-electron chi connectivity index (χ3n) is 5.17. The Balaban J connectivity index is 1.55. The number of hydrogen-bond donors (Lipinski definition) is 1. The molecular weight excluding hydrogens is 332 g/mol. The normalized spacial score (nSPS) is 21.3. The van der Waals surface area contributed by atoms with Crippen LogP contribution < -0.4 is 10.6 Å². The van der Waals surface area contributed by atoms with Gasteiger partial charge in [-0.1, -0.05) is 12.1 Å². The Bertz CT molecular complexity index is 805. The minimum Gasteiger partial charge on any atom is -0.468 e. The summed E-state index contributed by atoms with van der Waals surface area (Å²) in [5.41, 5.74) is 7.75. The molecule has 1 aromatic heterocycles. The summed E-state index contributed by atoms with van der Waals surface area (Å²) in [6.45, 7) is 2.04. The van der Waals surface area contributed by atoms with Gasteiger partial charge in [0.25, 0.3) is 0 Å². The van der Waals surface area contributed by atoms with Crippen LogP contribution >= 0.6 is 0 Å². The molecule has 2 heterocycles. The van der Waals surface area contributed by atoms with Crippen LogP contribution in [0.5, 0.6) is 0 Å². The maximum absolute atomic E-state index is 12.1. The molecule has 2 aromatic rings. The molecule has 4 rings (SSSR count). The van der Waals surface area contributed by atoms with Crippen LogP contribution in [0.15, 0.2) is 36.7 Å². The number of carbonyl (C=O) groups excluding carboxylic acids is 1. The Morgan fingerprint density at radius 3 is 2.77 bits per heavy atom. The van der Waals surface area contributed by atoms with Gasteiger partial charge in [0.2, 0.25) is 0 Å². The molecular formula is C19H22N4O3. The lowest BCUT2D eigenvalue weighted by Gasteiger charge is -2.34. The van der Waals surface area contributed by atoms with Crippen molar-refractivity contribution in [3.63, 3.8) is 0 Å². The zero-order valence-electron chi connectivity index (χ0n) is 14.7. The summed E-state index contributed by atoms with van der Waals surface area (Å²) >= 11 is 0. The summed E-state index contributed by atoms with van der Waals surface area (Å²) in [4.78, 5) is 23.1. The predicted molar refractivity (Wildman–Crippen MR) is 96.7 cm³/mol. The Hall–Kier alpha value is -2.67. The van der Waals surface area contributed by atoms with Gasteiger partial charge in [-0.05, 0) is 30.5 Å². The van der Waals surface area contributed by atoms with E-state index in [2.05, 4.69) is 14.9 Å². The van der Waals surface area contributed by atoms with Crippen molar-refractivity contribution in [3.8, 4) is 0 Å². The van der Waals surface area contributed by atoms with Crippen molar-refractivity contribution < 1.29 is 14.3 Å². The van der Waals surface area contributed by atoms with Gasteiger partial charge in [-0.2, -0.15) is 0 Å². The molecule has 1 atom stereocenters. The van der Waals surface area contributed by atoms with Crippen molar-refractivity contribution in [2.45, 2.75) is 24.4 Å². The number of nitrogen functional groups attached to an aromatic ring is 1. The first-order valence-electron chi connectivity index (χ1n) is 8.75. The smallest absolute Gasteiger partial charge is 0.317 e. The molecule has 0 bridgehead atoms. The van der Waals surface area contributed by atoms with Crippen LogP contribution in [0, 0.1) is 0 Å². The molecule has 26 heavy (non-hydrogen) atoms. The minimum absolute atomic E-state index is 0.0433. The largest absolute Gasteiger partial charge is 0.468 e. The van der Waals surface area contributed by atoms with E-state index in [1.54, 1.807) is 0 Å². The molecule has 0 radical (unpaired) electrons. The number of anilines is 2. The maximum Gasteiger partial charge on any atom is 0.317 e. The van der Waals surface area contributed by atoms with E-state index in [1.165, 1.54) is 13.4 Å². The van der Waals surface area contributed by atoms with E-state index in [9.17, 15) is 4.79 Å². The molecule has 2 N–H and O–H groups in total. The molecule has 2 fully saturated rings. The SMILES string of the molecule is COC(=O)C1(c2cc(N3CCOC(c4ccc(N)cc4)C3)ncn2)CC1. The zero-order chi connectivity index (χ0) is 18.1. The van der Waals surface area contributed by atoms with E-state index in [0.717, 1.165) is 42.1 Å². The summed E-state index contributed by atoms with van der Waals surface area (Å²) < 4.78 is 10.9. The first-order valence-corrected chi connectivity index (χ1v) is 8.75. The quantitative estimate of drug-likeness (QED) is 0.662. The van der Waals surface area contributed by atoms with Gasteiger partial charge >= 0.3 is 5.97 Å². The lowest BCUT2D eigenvalue weighted by Crippen LogP contribution is -2.39. The molecule has 7 heteroatoms. The predicted octanol–water partition coefficient (Wildman–Crippen LogP) is 1.84. The highest BCUT2D eigenvalue weighted by Gasteiger charge is 2.54. The second kappa shape index (κ2) is 6.57. The van der Waals surface area contributed by atoms with Gasteiger partial charge < -0.3 is 20.1 Å². The maximum atomic E-state index is 12.1. The highest BCUT2D eigenvalue weighted by molar-refractivity contribution is 5.86. The van der Waals surface area contributed by atoms with Crippen LogP contribution in [0.2, 0.25) is 0 Å². The fourth-order valence-corrected chi connectivity index (χ4v) is 3.44. The fraction of sp³-hybridized carbons (Fsp3) is 0.421. The molecule has 136 valence electrons. The van der Waals surface area contributed by atoms with Gasteiger partial charge in [-0.15, -0.1) is 0 Å². The topological polar surface area (TPSA) is 90.6 Å². The van der Waals surface area contributed by atoms with E-state index in [-0.39, 0.29) is 12.1 Å². The first kappa shape index (κ1) is 16.8. The Morgan fingerprint density at radius 1 is 1.31 bits per heavy atom. The van der Waals surface area contributed by atoms with E-state index in [0.29, 0.717) is 13.2 Å². The highest BCUT2D eigenvalue weighted by atomic mass is 16.5. The third-order valence-corrected chi connectivity index (χ3v) is 5.17. The zero-order valence-corrected chi connectivity index (χ0v) is 14.7. The molecule has 1 aliphatic heterocycles. The van der Waals surface area contributed by atoms with E-state index >= 15 is 0 Å². The number of hydrogen-bond acceptors (Lipinski definition) is 7. The molecule has 1 saturated carbocycles. The van der Waals surface area contributed by atoms with Crippen LogP contribution in [0.3, 0.4) is 0 Å². The highest BCUT2D eigenvalue weighted by Crippen LogP contribution is 2.48. The lowest BCUT2D eigenvalue weighted by molar-refractivity contribution is -0.143. The number of rotatable bonds is 4. The van der Waals surface area contributed by atoms with E-state index in [1.807, 2.05) is 30.3 Å². The van der Waals surface area contributed by atoms with Crippen molar-refractivity contribution in [2.24, 2.45) is 0 Å². The number of carbonyl (C=O) groups is 1. The third kappa shape index (κ3) is 2.99. The summed E-state index contributed by atoms with van der Waals surface area (Å²) in [5, 5.41) is 0. The molecule has 1 unspecified atom stereocenters. The van der Waals surface area contributed by atoms with Crippen LogP contribution in [-0.4, -0.2) is 42.7 Å². The van der Waals surface area contributed by atoms with Crippen molar-refractivity contribution in [2.75, 3.05) is 37.4 Å². The molecule has 1 aromatic carbocycles. The minimum atomic E-state index is -0.588. The monoisotopic (exact) mass is 354 g/mol. The number of esters is 1. The van der Waals surface area contributed by atoms with E-state index in [4.69, 9.17) is 15.2 Å². The second-order valence-corrected chi connectivity index (χ2v) is 6.81. The van der Waals surface area contributed by atoms with Crippen molar-refractivity contribution in [1.29, 1.82) is 0 Å². The Labute approximate surface area is 152 Å². The first-order chi connectivity index (χ1) is 12.6. The molecule has 0 spiro atoms. The molecule has 2 aliphatic rings. The number of aromatic nitrogens is 2. The second-order valence-electron chi connectivity index (χ2n) is 6.81. The van der Waals surface area contributed by atoms with Crippen LogP contribution in [0.4, 0.5) is 11.5 Å². The molecule has 1 saturated heterocycles. The van der Waals surface area contributed by atoms with Crippen LogP contribution in [0.25, 0.3) is 0 Å². The number of morpholine rings is 1. The van der Waals surface area contributed by atoms with E-state index < -0.39 is 5.41 Å². The van der Waals surface area contributed by atoms with Gasteiger partial charge in [0.15, 0.2) is 0 Å². The molecule has 7 nitrogen and oxygen atoms in total. The number of benzene rings is 1. The molecule has 0 amide bonds. The standard InChI is InChI=1S/C19H22N4O3/c1-25-18(24)19(6-7-19)16-10-17(22-12-21-16)23-8-9-26-15(11-23)13-2-4-14(20)5-3-13/h2-5,10,12,15H,6-9,11,20H2,1H3. The van der Waals surface area contributed by atoms with Crippen molar-refractivity contribution >= 4 is 17.5 Å². The lowest BCUT2D eigenvalue weighted by atomic mass is 10.0. The van der Waals surface area contributed by atoms with Crippen LogP contribution in [-0.2, 0) is 19.7 Å². The average molecular weight is 354 g/mol. The Kier molecular flexibility index (Phi) is 4.24. The van der Waals surface area contributed by atoms with Gasteiger partial charge in [-0.25, -0.2) is 9.97 Å². The number of nitrogens with two attached hydrogens (primary N) is 1. The number of methoxy groups -OCH3 is 1. The summed E-state index contributed by atoms with van der Waals surface area (Å²) in [5.74, 6) is 0.595. The van der Waals surface area contributed by atoms with Gasteiger partial charge in [0.05, 0.1) is 19.4 Å². The van der Waals surface area contributed by atoms with Crippen LogP contribution in [0.1, 0.15) is 30.2 Å². The summed E-state index contributed by atoms with van der Waals surface area (Å²) in [6, 6.07) is 9.66. The fourth-order valence-electron chi connectivity index (χ4n) is 3.44. The van der Waals surface area contributed by atoms with Crippen molar-refractivity contribution in [1.82, 2.24) is 9.97 Å². The number of ether oxygens (including phenoxy) is 2. The number of nitrogens with zero attached hydrogens (tertiary/aromatic N) is 3. The average Bonchev–Trinajstić information content (AvgIpc) is 3.50. The summed E-state index contributed by atoms with van der Waals surface area (Å²) in [7, 11) is 1.42. The van der Waals surface area contributed by atoms with Gasteiger partial charge in [0, 0.05) is 24.8 Å². The Morgan fingerprint density at radius 2 is 2.08 bits per heavy atom. The van der Waals surface area contributed by atoms with Crippen molar-refractivity contribution in [3.05, 3.63) is 47.9 Å². The van der Waals surface area contributed by atoms with Gasteiger partial charge in [0.1, 0.15) is 23.7 Å². The van der Waals surface area contributed by atoms with Gasteiger partial charge in [-0.3, -0.25) is 4.79 Å².